The number of anilines is 1. The van der Waals surface area contributed by atoms with E-state index in [1.165, 1.54) is 0 Å². The van der Waals surface area contributed by atoms with Crippen LogP contribution >= 0.6 is 0 Å². The lowest BCUT2D eigenvalue weighted by Gasteiger charge is -2.27. The zero-order chi connectivity index (χ0) is 23.0. The van der Waals surface area contributed by atoms with Crippen LogP contribution in [0.5, 0.6) is 0 Å². The lowest BCUT2D eigenvalue weighted by Crippen LogP contribution is -2.45. The Labute approximate surface area is 185 Å². The fraction of sp³-hybridized carbons (Fsp3) is 0.696. The van der Waals surface area contributed by atoms with Crippen molar-refractivity contribution in [1.82, 2.24) is 9.88 Å². The molecule has 172 valence electrons. The summed E-state index contributed by atoms with van der Waals surface area (Å²) in [4.78, 5) is 33.6. The first-order valence-corrected chi connectivity index (χ1v) is 11.1. The van der Waals surface area contributed by atoms with Crippen molar-refractivity contribution in [3.05, 3.63) is 23.4 Å². The van der Waals surface area contributed by atoms with E-state index in [1.807, 2.05) is 52.5 Å². The van der Waals surface area contributed by atoms with Gasteiger partial charge in [-0.05, 0) is 66.0 Å². The van der Waals surface area contributed by atoms with Crippen molar-refractivity contribution in [2.75, 3.05) is 24.5 Å². The molecule has 0 bridgehead atoms. The van der Waals surface area contributed by atoms with Gasteiger partial charge in [0, 0.05) is 31.7 Å². The molecular formula is C23H36N4O4. The summed E-state index contributed by atoms with van der Waals surface area (Å²) in [6.07, 6.45) is 1.27. The van der Waals surface area contributed by atoms with E-state index < -0.39 is 17.4 Å². The van der Waals surface area contributed by atoms with Gasteiger partial charge in [0.15, 0.2) is 0 Å². The molecular weight excluding hydrogens is 396 g/mol. The number of amides is 1. The van der Waals surface area contributed by atoms with Gasteiger partial charge < -0.3 is 25.0 Å². The average Bonchev–Trinajstić information content (AvgIpc) is 2.88. The van der Waals surface area contributed by atoms with Gasteiger partial charge in [-0.15, -0.1) is 0 Å². The summed E-state index contributed by atoms with van der Waals surface area (Å²) in [6.45, 7) is 13.0. The summed E-state index contributed by atoms with van der Waals surface area (Å²) < 4.78 is 11.1. The Morgan fingerprint density at radius 2 is 1.65 bits per heavy atom. The molecule has 3 rings (SSSR count). The van der Waals surface area contributed by atoms with Crippen molar-refractivity contribution in [3.63, 3.8) is 0 Å². The summed E-state index contributed by atoms with van der Waals surface area (Å²) in [7, 11) is 0. The highest BCUT2D eigenvalue weighted by Gasteiger charge is 2.39. The molecule has 1 saturated heterocycles. The molecule has 3 heterocycles. The Kier molecular flexibility index (Phi) is 6.51. The normalized spacial score (nSPS) is 22.0. The molecule has 31 heavy (non-hydrogen) atoms. The number of rotatable bonds is 2. The molecule has 0 aromatic carbocycles. The first-order valence-electron chi connectivity index (χ1n) is 11.1. The number of ether oxygens (including phenoxy) is 2. The van der Waals surface area contributed by atoms with Gasteiger partial charge >= 0.3 is 12.1 Å². The quantitative estimate of drug-likeness (QED) is 0.718. The van der Waals surface area contributed by atoms with Gasteiger partial charge in [-0.1, -0.05) is 6.07 Å². The number of carbonyl (C=O) groups is 2. The molecule has 0 saturated carbocycles. The fourth-order valence-corrected chi connectivity index (χ4v) is 3.96. The highest BCUT2D eigenvalue weighted by molar-refractivity contribution is 5.75. The summed E-state index contributed by atoms with van der Waals surface area (Å²) >= 11 is 0. The van der Waals surface area contributed by atoms with Crippen LogP contribution in [0.25, 0.3) is 0 Å². The van der Waals surface area contributed by atoms with Gasteiger partial charge in [0.05, 0.1) is 12.1 Å². The second-order valence-electron chi connectivity index (χ2n) is 10.4. The first-order chi connectivity index (χ1) is 14.3. The van der Waals surface area contributed by atoms with Crippen molar-refractivity contribution in [2.24, 2.45) is 11.7 Å². The van der Waals surface area contributed by atoms with Crippen LogP contribution in [0.4, 0.5) is 10.6 Å². The molecule has 2 atom stereocenters. The topological polar surface area (TPSA) is 98.0 Å². The molecule has 2 aliphatic rings. The number of hydrogen-bond acceptors (Lipinski definition) is 7. The minimum Gasteiger partial charge on any atom is -0.460 e. The lowest BCUT2D eigenvalue weighted by molar-refractivity contribution is -0.160. The third-order valence-corrected chi connectivity index (χ3v) is 5.43. The van der Waals surface area contributed by atoms with Crippen LogP contribution in [0.15, 0.2) is 12.1 Å². The molecule has 1 fully saturated rings. The molecule has 0 aliphatic carbocycles. The van der Waals surface area contributed by atoms with Crippen LogP contribution in [0.3, 0.4) is 0 Å². The number of esters is 1. The number of nitrogens with two attached hydrogens (primary N) is 1. The van der Waals surface area contributed by atoms with Crippen LogP contribution in [0.2, 0.25) is 0 Å². The van der Waals surface area contributed by atoms with Gasteiger partial charge in [-0.2, -0.15) is 0 Å². The maximum atomic E-state index is 12.5. The minimum atomic E-state index is -0.535. The van der Waals surface area contributed by atoms with E-state index in [9.17, 15) is 9.59 Å². The van der Waals surface area contributed by atoms with E-state index in [0.29, 0.717) is 32.5 Å². The van der Waals surface area contributed by atoms with Crippen LogP contribution in [-0.4, -0.2) is 58.9 Å². The summed E-state index contributed by atoms with van der Waals surface area (Å²) in [5.41, 5.74) is 7.47. The Hall–Kier alpha value is -2.35. The number of nitrogens with zero attached hydrogens (tertiary/aromatic N) is 3. The molecule has 2 aliphatic heterocycles. The van der Waals surface area contributed by atoms with E-state index in [0.717, 1.165) is 23.5 Å². The molecule has 0 radical (unpaired) electrons. The van der Waals surface area contributed by atoms with Gasteiger partial charge in [-0.25, -0.2) is 9.78 Å². The second kappa shape index (κ2) is 8.65. The molecule has 1 aromatic rings. The Morgan fingerprint density at radius 1 is 1.00 bits per heavy atom. The third-order valence-electron chi connectivity index (χ3n) is 5.43. The predicted octanol–water partition coefficient (Wildman–Crippen LogP) is 2.87. The van der Waals surface area contributed by atoms with Crippen LogP contribution in [-0.2, 0) is 27.1 Å². The van der Waals surface area contributed by atoms with E-state index in [2.05, 4.69) is 6.07 Å². The number of aromatic nitrogens is 1. The number of fused-ring (bicyclic) bond motifs is 1. The fourth-order valence-electron chi connectivity index (χ4n) is 3.96. The summed E-state index contributed by atoms with van der Waals surface area (Å²) in [6, 6.07) is 4.02. The number of hydrogen-bond donors (Lipinski definition) is 1. The molecule has 1 aromatic heterocycles. The van der Waals surface area contributed by atoms with E-state index >= 15 is 0 Å². The van der Waals surface area contributed by atoms with E-state index in [4.69, 9.17) is 20.2 Å². The van der Waals surface area contributed by atoms with Gasteiger partial charge in [0.1, 0.15) is 17.0 Å². The van der Waals surface area contributed by atoms with Crippen molar-refractivity contribution in [2.45, 2.75) is 78.2 Å². The first kappa shape index (κ1) is 23.3. The maximum Gasteiger partial charge on any atom is 0.410 e. The van der Waals surface area contributed by atoms with Crippen LogP contribution in [0.1, 0.15) is 59.2 Å². The van der Waals surface area contributed by atoms with Crippen LogP contribution < -0.4 is 10.6 Å². The highest BCUT2D eigenvalue weighted by atomic mass is 16.6. The maximum absolute atomic E-state index is 12.5. The van der Waals surface area contributed by atoms with Crippen LogP contribution in [0, 0.1) is 5.92 Å². The van der Waals surface area contributed by atoms with Crippen molar-refractivity contribution < 1.29 is 19.1 Å². The van der Waals surface area contributed by atoms with Crippen molar-refractivity contribution >= 4 is 17.9 Å². The third kappa shape index (κ3) is 5.87. The molecule has 2 N–H and O–H groups in total. The predicted molar refractivity (Wildman–Crippen MR) is 119 cm³/mol. The SMILES string of the molecule is CC(C)(C)OC(=O)[C@@H]1CCN(c2ccc3c(n2)CCN(C(=O)OC(C)(C)C)CC3)C1N. The molecule has 0 spiro atoms. The smallest absolute Gasteiger partial charge is 0.410 e. The average molecular weight is 433 g/mol. The number of carbonyl (C=O) groups excluding carboxylic acids is 2. The van der Waals surface area contributed by atoms with E-state index in [1.54, 1.807) is 4.90 Å². The minimum absolute atomic E-state index is 0.259. The number of pyridine rings is 1. The molecule has 8 heteroatoms. The second-order valence-corrected chi connectivity index (χ2v) is 10.4. The zero-order valence-electron chi connectivity index (χ0n) is 19.6. The standard InChI is InChI=1S/C23H36N4O4/c1-22(2,3)30-20(28)16-10-14-27(19(16)24)18-8-7-15-9-12-26(13-11-17(15)25-18)21(29)31-23(4,5)6/h7-8,16,19H,9-14,24H2,1-6H3/t16-,19?/m1/s1. The Morgan fingerprint density at radius 3 is 2.29 bits per heavy atom. The van der Waals surface area contributed by atoms with Gasteiger partial charge in [0.2, 0.25) is 0 Å². The van der Waals surface area contributed by atoms with Gasteiger partial charge in [0.25, 0.3) is 0 Å². The largest absolute Gasteiger partial charge is 0.460 e. The monoisotopic (exact) mass is 432 g/mol. The Bertz CT molecular complexity index is 828. The van der Waals surface area contributed by atoms with Crippen molar-refractivity contribution in [1.29, 1.82) is 0 Å². The van der Waals surface area contributed by atoms with Crippen molar-refractivity contribution in [3.8, 4) is 0 Å². The summed E-state index contributed by atoms with van der Waals surface area (Å²) in [5, 5.41) is 0. The van der Waals surface area contributed by atoms with E-state index in [-0.39, 0.29) is 18.0 Å². The molecule has 8 nitrogen and oxygen atoms in total. The summed E-state index contributed by atoms with van der Waals surface area (Å²) in [5.74, 6) is 0.135. The zero-order valence-corrected chi connectivity index (χ0v) is 19.6. The molecule has 1 amide bonds. The lowest BCUT2D eigenvalue weighted by atomic mass is 10.1. The van der Waals surface area contributed by atoms with Gasteiger partial charge in [-0.3, -0.25) is 4.79 Å². The Balaban J connectivity index is 1.68. The highest BCUT2D eigenvalue weighted by Crippen LogP contribution is 2.29. The molecule has 1 unspecified atom stereocenters.